The highest BCUT2D eigenvalue weighted by Gasteiger charge is 2.31. The molecule has 0 bridgehead atoms. The summed E-state index contributed by atoms with van der Waals surface area (Å²) in [6.07, 6.45) is -4.33. The van der Waals surface area contributed by atoms with Crippen LogP contribution in [0.5, 0.6) is 5.75 Å². The van der Waals surface area contributed by atoms with E-state index >= 15 is 0 Å². The second kappa shape index (κ2) is 9.34. The average Bonchev–Trinajstić information content (AvgIpc) is 3.24. The van der Waals surface area contributed by atoms with Crippen molar-refractivity contribution in [2.45, 2.75) is 38.8 Å². The van der Waals surface area contributed by atoms with Crippen LogP contribution in [0.3, 0.4) is 0 Å². The van der Waals surface area contributed by atoms with Gasteiger partial charge in [0.1, 0.15) is 11.4 Å². The maximum atomic E-state index is 12.4. The highest BCUT2D eigenvalue weighted by Crippen LogP contribution is 2.26. The molecule has 8 nitrogen and oxygen atoms in total. The molecule has 11 heteroatoms. The van der Waals surface area contributed by atoms with Crippen molar-refractivity contribution in [2.75, 3.05) is 0 Å². The molecule has 4 aromatic rings. The fourth-order valence-corrected chi connectivity index (χ4v) is 3.44. The molecule has 0 atom stereocenters. The van der Waals surface area contributed by atoms with Crippen molar-refractivity contribution in [3.63, 3.8) is 0 Å². The second-order valence-electron chi connectivity index (χ2n) is 8.52. The Hall–Kier alpha value is -3.99. The number of ether oxygens (including phenoxy) is 1. The van der Waals surface area contributed by atoms with E-state index in [0.29, 0.717) is 12.0 Å². The van der Waals surface area contributed by atoms with Gasteiger partial charge in [-0.1, -0.05) is 29.4 Å². The Morgan fingerprint density at radius 2 is 1.74 bits per heavy atom. The van der Waals surface area contributed by atoms with Gasteiger partial charge in [-0.15, -0.1) is 13.2 Å². The number of hydrogen-bond acceptors (Lipinski definition) is 7. The van der Waals surface area contributed by atoms with Crippen LogP contribution in [-0.2, 0) is 13.0 Å². The van der Waals surface area contributed by atoms with Crippen molar-refractivity contribution >= 4 is 0 Å². The summed E-state index contributed by atoms with van der Waals surface area (Å²) in [7, 11) is 0. The molecule has 0 saturated heterocycles. The van der Waals surface area contributed by atoms with Crippen LogP contribution in [0.1, 0.15) is 25.0 Å². The van der Waals surface area contributed by atoms with Crippen LogP contribution >= 0.6 is 0 Å². The van der Waals surface area contributed by atoms with E-state index < -0.39 is 12.0 Å². The van der Waals surface area contributed by atoms with Crippen molar-refractivity contribution in [1.82, 2.24) is 19.9 Å². The molecule has 0 fully saturated rings. The Morgan fingerprint density at radius 3 is 2.43 bits per heavy atom. The highest BCUT2D eigenvalue weighted by atomic mass is 19.4. The minimum absolute atomic E-state index is 0.0418. The number of alkyl halides is 3. The molecule has 4 rings (SSSR count). The summed E-state index contributed by atoms with van der Waals surface area (Å²) in [5.41, 5.74) is 1.22. The summed E-state index contributed by atoms with van der Waals surface area (Å²) in [6.45, 7) is 3.63. The maximum Gasteiger partial charge on any atom is 0.573 e. The molecular weight excluding hydrogens is 465 g/mol. The van der Waals surface area contributed by atoms with Gasteiger partial charge < -0.3 is 14.4 Å². The molecule has 2 heterocycles. The Labute approximate surface area is 197 Å². The maximum absolute atomic E-state index is 12.4. The van der Waals surface area contributed by atoms with Gasteiger partial charge in [-0.25, -0.2) is 4.68 Å². The van der Waals surface area contributed by atoms with Gasteiger partial charge in [0.15, 0.2) is 0 Å². The van der Waals surface area contributed by atoms with Crippen LogP contribution in [0.15, 0.2) is 70.0 Å². The van der Waals surface area contributed by atoms with Gasteiger partial charge >= 0.3 is 6.36 Å². The Morgan fingerprint density at radius 1 is 1.03 bits per heavy atom. The van der Waals surface area contributed by atoms with Crippen LogP contribution in [0.25, 0.3) is 23.0 Å². The third-order valence-corrected chi connectivity index (χ3v) is 4.82. The number of aromatic nitrogens is 4. The lowest BCUT2D eigenvalue weighted by atomic mass is 9.97. The lowest BCUT2D eigenvalue weighted by Gasteiger charge is -2.17. The minimum Gasteiger partial charge on any atom is -0.406 e. The molecule has 0 amide bonds. The largest absolute Gasteiger partial charge is 0.573 e. The first-order chi connectivity index (χ1) is 16.4. The summed E-state index contributed by atoms with van der Waals surface area (Å²) >= 11 is 0. The molecule has 35 heavy (non-hydrogen) atoms. The normalized spacial score (nSPS) is 12.1. The molecule has 1 N–H and O–H groups in total. The van der Waals surface area contributed by atoms with Gasteiger partial charge in [0.05, 0.1) is 12.1 Å². The van der Waals surface area contributed by atoms with Gasteiger partial charge in [0.25, 0.3) is 11.4 Å². The fraction of sp³-hybridized carbons (Fsp3) is 0.250. The van der Waals surface area contributed by atoms with E-state index in [1.165, 1.54) is 28.9 Å². The van der Waals surface area contributed by atoms with Gasteiger partial charge in [-0.3, -0.25) is 4.79 Å². The Kier molecular flexibility index (Phi) is 6.44. The number of aliphatic hydroxyl groups is 1. The number of hydrogen-bond donors (Lipinski definition) is 1. The zero-order chi connectivity index (χ0) is 25.2. The van der Waals surface area contributed by atoms with Crippen LogP contribution < -0.4 is 10.3 Å². The van der Waals surface area contributed by atoms with Gasteiger partial charge in [0.2, 0.25) is 5.82 Å². The van der Waals surface area contributed by atoms with Crippen molar-refractivity contribution in [2.24, 2.45) is 0 Å². The molecule has 0 aliphatic heterocycles. The molecule has 0 saturated carbocycles. The first-order valence-electron chi connectivity index (χ1n) is 10.5. The third-order valence-electron chi connectivity index (χ3n) is 4.82. The van der Waals surface area contributed by atoms with E-state index in [1.807, 2.05) is 24.3 Å². The Bertz CT molecular complexity index is 1370. The molecule has 2 aromatic carbocycles. The van der Waals surface area contributed by atoms with Gasteiger partial charge in [-0.05, 0) is 55.3 Å². The predicted molar refractivity (Wildman–Crippen MR) is 119 cm³/mol. The van der Waals surface area contributed by atoms with Gasteiger partial charge in [0, 0.05) is 18.1 Å². The molecule has 0 unspecified atom stereocenters. The smallest absolute Gasteiger partial charge is 0.406 e. The quantitative estimate of drug-likeness (QED) is 0.417. The second-order valence-corrected chi connectivity index (χ2v) is 8.52. The molecule has 0 aliphatic carbocycles. The van der Waals surface area contributed by atoms with E-state index in [1.54, 1.807) is 13.8 Å². The lowest BCUT2D eigenvalue weighted by Crippen LogP contribution is -2.23. The van der Waals surface area contributed by atoms with E-state index in [2.05, 4.69) is 20.0 Å². The van der Waals surface area contributed by atoms with E-state index in [-0.39, 0.29) is 35.3 Å². The average molecular weight is 486 g/mol. The van der Waals surface area contributed by atoms with Crippen molar-refractivity contribution in [1.29, 1.82) is 0 Å². The van der Waals surface area contributed by atoms with Crippen molar-refractivity contribution < 1.29 is 27.5 Å². The number of halogens is 3. The van der Waals surface area contributed by atoms with Crippen LogP contribution in [0, 0.1) is 0 Å². The lowest BCUT2D eigenvalue weighted by molar-refractivity contribution is -0.274. The van der Waals surface area contributed by atoms with Crippen LogP contribution in [0.4, 0.5) is 13.2 Å². The monoisotopic (exact) mass is 486 g/mol. The van der Waals surface area contributed by atoms with E-state index in [0.717, 1.165) is 23.3 Å². The summed E-state index contributed by atoms with van der Waals surface area (Å²) in [6, 6.07) is 15.3. The molecular formula is C24H21F3N4O4. The summed E-state index contributed by atoms with van der Waals surface area (Å²) in [5.74, 6) is -0.192. The van der Waals surface area contributed by atoms with Crippen molar-refractivity contribution in [3.05, 3.63) is 82.1 Å². The van der Waals surface area contributed by atoms with E-state index in [4.69, 9.17) is 4.52 Å². The predicted octanol–water partition coefficient (Wildman–Crippen LogP) is 4.22. The topological polar surface area (TPSA) is 103 Å². The van der Waals surface area contributed by atoms with Crippen LogP contribution in [0.2, 0.25) is 0 Å². The SMILES string of the molecule is CC(C)(O)Cc1cccc(Cn2nc(-c3nc(-c4ccc(OC(F)(F)F)cc4)no3)ccc2=O)c1. The zero-order valence-corrected chi connectivity index (χ0v) is 18.8. The molecule has 2 aromatic heterocycles. The molecule has 0 radical (unpaired) electrons. The molecule has 0 aliphatic rings. The first-order valence-corrected chi connectivity index (χ1v) is 10.5. The standard InChI is InChI=1S/C24H21F3N4O4/c1-23(2,33)13-15-4-3-5-16(12-15)14-31-20(32)11-10-19(29-31)22-28-21(30-35-22)17-6-8-18(9-7-17)34-24(25,26)27/h3-12,33H,13-14H2,1-2H3. The Balaban J connectivity index is 1.54. The number of rotatable bonds is 7. The summed E-state index contributed by atoms with van der Waals surface area (Å²) in [5, 5.41) is 18.2. The molecule has 0 spiro atoms. The molecule has 182 valence electrons. The number of nitrogens with zero attached hydrogens (tertiary/aromatic N) is 4. The van der Waals surface area contributed by atoms with Gasteiger partial charge in [-0.2, -0.15) is 10.1 Å². The zero-order valence-electron chi connectivity index (χ0n) is 18.8. The number of benzene rings is 2. The van der Waals surface area contributed by atoms with E-state index in [9.17, 15) is 23.1 Å². The van der Waals surface area contributed by atoms with Crippen LogP contribution in [-0.4, -0.2) is 37.0 Å². The highest BCUT2D eigenvalue weighted by molar-refractivity contribution is 5.58. The third kappa shape index (κ3) is 6.54. The summed E-state index contributed by atoms with van der Waals surface area (Å²) in [4.78, 5) is 16.6. The first kappa shape index (κ1) is 24.1. The minimum atomic E-state index is -4.79. The fourth-order valence-electron chi connectivity index (χ4n) is 3.44. The summed E-state index contributed by atoms with van der Waals surface area (Å²) < 4.78 is 47.4. The van der Waals surface area contributed by atoms with Crippen molar-refractivity contribution in [3.8, 4) is 28.7 Å².